The first kappa shape index (κ1) is 19.4. The fourth-order valence-electron chi connectivity index (χ4n) is 2.34. The van der Waals surface area contributed by atoms with E-state index in [4.69, 9.17) is 4.74 Å². The highest BCUT2D eigenvalue weighted by Crippen LogP contribution is 2.22. The highest BCUT2D eigenvalue weighted by atomic mass is 16.5. The van der Waals surface area contributed by atoms with E-state index in [1.807, 2.05) is 0 Å². The molecule has 0 aliphatic carbocycles. The molecule has 0 spiro atoms. The van der Waals surface area contributed by atoms with Crippen LogP contribution in [0.3, 0.4) is 0 Å². The zero-order valence-electron chi connectivity index (χ0n) is 14.5. The number of allylic oxidation sites excluding steroid dienone is 2. The second-order valence-corrected chi connectivity index (χ2v) is 6.17. The van der Waals surface area contributed by atoms with Gasteiger partial charge in [-0.05, 0) is 44.9 Å². The third kappa shape index (κ3) is 9.36. The highest BCUT2D eigenvalue weighted by Gasteiger charge is 2.12. The Balaban J connectivity index is 4.31. The summed E-state index contributed by atoms with van der Waals surface area (Å²) in [4.78, 5) is 0. The molecule has 0 bridgehead atoms. The molecular weight excluding hydrogens is 244 g/mol. The number of hydrogen-bond acceptors (Lipinski definition) is 1. The van der Waals surface area contributed by atoms with Gasteiger partial charge in [-0.1, -0.05) is 64.3 Å². The lowest BCUT2D eigenvalue weighted by molar-refractivity contribution is 0.0723. The van der Waals surface area contributed by atoms with Crippen molar-refractivity contribution in [3.63, 3.8) is 0 Å². The maximum atomic E-state index is 5.90. The van der Waals surface area contributed by atoms with E-state index < -0.39 is 0 Å². The molecular formula is C19H36O. The van der Waals surface area contributed by atoms with Gasteiger partial charge in [0.1, 0.15) is 0 Å². The lowest BCUT2D eigenvalue weighted by Crippen LogP contribution is -2.15. The normalized spacial score (nSPS) is 13.8. The zero-order valence-corrected chi connectivity index (χ0v) is 14.5. The SMILES string of the molecule is C=C(C)C(CC/C(=C\CCCCC)C(C)C)OCCC. The van der Waals surface area contributed by atoms with Gasteiger partial charge in [0.2, 0.25) is 0 Å². The minimum absolute atomic E-state index is 0.229. The molecule has 0 rings (SSSR count). The second kappa shape index (κ2) is 12.2. The topological polar surface area (TPSA) is 9.23 Å². The van der Waals surface area contributed by atoms with Crippen LogP contribution in [-0.2, 0) is 4.74 Å². The van der Waals surface area contributed by atoms with E-state index in [-0.39, 0.29) is 6.10 Å². The van der Waals surface area contributed by atoms with Gasteiger partial charge in [0.05, 0.1) is 6.10 Å². The maximum Gasteiger partial charge on any atom is 0.0782 e. The van der Waals surface area contributed by atoms with Gasteiger partial charge in [0.15, 0.2) is 0 Å². The van der Waals surface area contributed by atoms with E-state index in [1.165, 1.54) is 25.7 Å². The summed E-state index contributed by atoms with van der Waals surface area (Å²) in [6.45, 7) is 16.0. The Hall–Kier alpha value is -0.560. The molecule has 0 saturated carbocycles. The Morgan fingerprint density at radius 2 is 1.85 bits per heavy atom. The van der Waals surface area contributed by atoms with Crippen molar-refractivity contribution in [1.29, 1.82) is 0 Å². The van der Waals surface area contributed by atoms with Crippen molar-refractivity contribution in [2.75, 3.05) is 6.61 Å². The van der Waals surface area contributed by atoms with Crippen LogP contribution in [0.1, 0.15) is 79.6 Å². The summed E-state index contributed by atoms with van der Waals surface area (Å²) in [5.41, 5.74) is 2.75. The number of rotatable bonds is 12. The van der Waals surface area contributed by atoms with E-state index in [0.717, 1.165) is 31.4 Å². The molecule has 1 heteroatoms. The van der Waals surface area contributed by atoms with Crippen molar-refractivity contribution in [3.8, 4) is 0 Å². The monoisotopic (exact) mass is 280 g/mol. The minimum atomic E-state index is 0.229. The Bertz CT molecular complexity index is 275. The van der Waals surface area contributed by atoms with Crippen LogP contribution in [0, 0.1) is 5.92 Å². The van der Waals surface area contributed by atoms with Gasteiger partial charge >= 0.3 is 0 Å². The van der Waals surface area contributed by atoms with Crippen LogP contribution < -0.4 is 0 Å². The molecule has 0 radical (unpaired) electrons. The third-order valence-electron chi connectivity index (χ3n) is 3.72. The molecule has 0 N–H and O–H groups in total. The highest BCUT2D eigenvalue weighted by molar-refractivity contribution is 5.07. The summed E-state index contributed by atoms with van der Waals surface area (Å²) < 4.78 is 5.90. The molecule has 0 aromatic rings. The fraction of sp³-hybridized carbons (Fsp3) is 0.789. The number of unbranched alkanes of at least 4 members (excludes halogenated alkanes) is 3. The van der Waals surface area contributed by atoms with E-state index in [1.54, 1.807) is 5.57 Å². The van der Waals surface area contributed by atoms with E-state index in [9.17, 15) is 0 Å². The Labute approximate surface area is 127 Å². The molecule has 20 heavy (non-hydrogen) atoms. The second-order valence-electron chi connectivity index (χ2n) is 6.17. The molecule has 1 nitrogen and oxygen atoms in total. The quantitative estimate of drug-likeness (QED) is 0.301. The van der Waals surface area contributed by atoms with E-state index in [2.05, 4.69) is 47.3 Å². The molecule has 0 aromatic carbocycles. The standard InChI is InChI=1S/C19H36O/c1-7-9-10-11-12-18(16(3)4)13-14-19(17(5)6)20-15-8-2/h12,16,19H,5,7-11,13-15H2,1-4,6H3/b18-12+. The molecule has 0 amide bonds. The summed E-state index contributed by atoms with van der Waals surface area (Å²) in [6, 6.07) is 0. The van der Waals surface area contributed by atoms with Gasteiger partial charge in [0, 0.05) is 6.61 Å². The average Bonchev–Trinajstić information content (AvgIpc) is 2.40. The van der Waals surface area contributed by atoms with Gasteiger partial charge in [-0.25, -0.2) is 0 Å². The molecule has 0 aliphatic heterocycles. The molecule has 0 saturated heterocycles. The van der Waals surface area contributed by atoms with Crippen LogP contribution in [-0.4, -0.2) is 12.7 Å². The van der Waals surface area contributed by atoms with Crippen LogP contribution in [0.25, 0.3) is 0 Å². The van der Waals surface area contributed by atoms with Crippen molar-refractivity contribution < 1.29 is 4.74 Å². The number of ether oxygens (including phenoxy) is 1. The summed E-state index contributed by atoms with van der Waals surface area (Å²) in [5, 5.41) is 0. The first-order valence-electron chi connectivity index (χ1n) is 8.48. The van der Waals surface area contributed by atoms with Crippen molar-refractivity contribution in [1.82, 2.24) is 0 Å². The maximum absolute atomic E-state index is 5.90. The predicted octanol–water partition coefficient (Wildman–Crippen LogP) is 6.30. The molecule has 0 aromatic heterocycles. The van der Waals surface area contributed by atoms with Crippen LogP contribution >= 0.6 is 0 Å². The van der Waals surface area contributed by atoms with Crippen LogP contribution in [0.5, 0.6) is 0 Å². The van der Waals surface area contributed by atoms with Gasteiger partial charge in [-0.2, -0.15) is 0 Å². The predicted molar refractivity (Wildman–Crippen MR) is 91.1 cm³/mol. The van der Waals surface area contributed by atoms with Crippen LogP contribution in [0.4, 0.5) is 0 Å². The Morgan fingerprint density at radius 1 is 1.15 bits per heavy atom. The molecule has 1 atom stereocenters. The third-order valence-corrected chi connectivity index (χ3v) is 3.72. The first-order valence-corrected chi connectivity index (χ1v) is 8.48. The molecule has 0 fully saturated rings. The Morgan fingerprint density at radius 3 is 2.35 bits per heavy atom. The van der Waals surface area contributed by atoms with Gasteiger partial charge in [-0.3, -0.25) is 0 Å². The number of hydrogen-bond donors (Lipinski definition) is 0. The molecule has 118 valence electrons. The van der Waals surface area contributed by atoms with Crippen molar-refractivity contribution in [2.45, 2.75) is 85.7 Å². The van der Waals surface area contributed by atoms with Gasteiger partial charge in [-0.15, -0.1) is 0 Å². The smallest absolute Gasteiger partial charge is 0.0782 e. The van der Waals surface area contributed by atoms with Crippen molar-refractivity contribution in [3.05, 3.63) is 23.8 Å². The summed E-state index contributed by atoms with van der Waals surface area (Å²) >= 11 is 0. The summed E-state index contributed by atoms with van der Waals surface area (Å²) in [6.07, 6.45) is 11.2. The molecule has 1 unspecified atom stereocenters. The van der Waals surface area contributed by atoms with E-state index >= 15 is 0 Å². The zero-order chi connectivity index (χ0) is 15.4. The largest absolute Gasteiger partial charge is 0.374 e. The fourth-order valence-corrected chi connectivity index (χ4v) is 2.34. The molecule has 0 aliphatic rings. The van der Waals surface area contributed by atoms with E-state index in [0.29, 0.717) is 5.92 Å². The van der Waals surface area contributed by atoms with Crippen LogP contribution in [0.2, 0.25) is 0 Å². The minimum Gasteiger partial charge on any atom is -0.374 e. The van der Waals surface area contributed by atoms with Crippen molar-refractivity contribution in [2.24, 2.45) is 5.92 Å². The first-order chi connectivity index (χ1) is 9.52. The molecule has 0 heterocycles. The lowest BCUT2D eigenvalue weighted by Gasteiger charge is -2.20. The van der Waals surface area contributed by atoms with Gasteiger partial charge < -0.3 is 4.74 Å². The van der Waals surface area contributed by atoms with Crippen molar-refractivity contribution >= 4 is 0 Å². The summed E-state index contributed by atoms with van der Waals surface area (Å²) in [5.74, 6) is 0.647. The Kier molecular flexibility index (Phi) is 11.9. The lowest BCUT2D eigenvalue weighted by atomic mass is 9.94. The average molecular weight is 280 g/mol. The van der Waals surface area contributed by atoms with Crippen LogP contribution in [0.15, 0.2) is 23.8 Å². The van der Waals surface area contributed by atoms with Gasteiger partial charge in [0.25, 0.3) is 0 Å². The summed E-state index contributed by atoms with van der Waals surface area (Å²) in [7, 11) is 0.